The second kappa shape index (κ2) is 3.63. The van der Waals surface area contributed by atoms with Crippen molar-refractivity contribution in [2.75, 3.05) is 0 Å². The summed E-state index contributed by atoms with van der Waals surface area (Å²) in [6.07, 6.45) is 1.65. The Labute approximate surface area is 90.2 Å². The number of carbonyl (C=O) groups excluding carboxylic acids is 1. The summed E-state index contributed by atoms with van der Waals surface area (Å²) in [4.78, 5) is 17.6. The highest BCUT2D eigenvalue weighted by Gasteiger charge is 2.14. The second-order valence-corrected chi connectivity index (χ2v) is 5.16. The van der Waals surface area contributed by atoms with E-state index in [0.717, 1.165) is 20.3 Å². The lowest BCUT2D eigenvalue weighted by Gasteiger charge is -1.93. The molecule has 0 fully saturated rings. The predicted octanol–water partition coefficient (Wildman–Crippen LogP) is 3.05. The molecule has 0 aliphatic carbocycles. The zero-order chi connectivity index (χ0) is 10.1. The summed E-state index contributed by atoms with van der Waals surface area (Å²) < 4.78 is 0. The van der Waals surface area contributed by atoms with Gasteiger partial charge in [-0.3, -0.25) is 4.79 Å². The van der Waals surface area contributed by atoms with Crippen molar-refractivity contribution in [2.45, 2.75) is 13.8 Å². The smallest absolute Gasteiger partial charge is 0.214 e. The van der Waals surface area contributed by atoms with Gasteiger partial charge >= 0.3 is 0 Å². The fourth-order valence-corrected chi connectivity index (χ4v) is 2.85. The summed E-state index contributed by atoms with van der Waals surface area (Å²) in [5.41, 5.74) is 1.05. The molecular formula is C10H9NOS2. The number of thiophene rings is 1. The van der Waals surface area contributed by atoms with Crippen molar-refractivity contribution in [1.82, 2.24) is 4.98 Å². The van der Waals surface area contributed by atoms with Gasteiger partial charge in [-0.25, -0.2) is 4.98 Å². The molecule has 2 nitrogen and oxygen atoms in total. The Morgan fingerprint density at radius 3 is 2.71 bits per heavy atom. The molecule has 4 heteroatoms. The van der Waals surface area contributed by atoms with Crippen molar-refractivity contribution in [2.24, 2.45) is 0 Å². The van der Waals surface area contributed by atoms with Crippen LogP contribution < -0.4 is 0 Å². The number of nitrogens with zero attached hydrogens (tertiary/aromatic N) is 1. The molecule has 0 saturated heterocycles. The molecular weight excluding hydrogens is 214 g/mol. The van der Waals surface area contributed by atoms with Gasteiger partial charge in [0.15, 0.2) is 0 Å². The molecule has 0 aliphatic rings. The number of hydrogen-bond donors (Lipinski definition) is 0. The van der Waals surface area contributed by atoms with Crippen molar-refractivity contribution >= 4 is 28.5 Å². The predicted molar refractivity (Wildman–Crippen MR) is 59.3 cm³/mol. The average molecular weight is 223 g/mol. The van der Waals surface area contributed by atoms with Gasteiger partial charge in [0.2, 0.25) is 5.78 Å². The maximum Gasteiger partial charge on any atom is 0.214 e. The van der Waals surface area contributed by atoms with Gasteiger partial charge in [0.1, 0.15) is 0 Å². The second-order valence-electron chi connectivity index (χ2n) is 3.01. The van der Waals surface area contributed by atoms with E-state index in [2.05, 4.69) is 4.98 Å². The SMILES string of the molecule is Cc1ncc(C(=O)c2sccc2C)s1. The maximum absolute atomic E-state index is 11.9. The molecule has 2 rings (SSSR count). The molecule has 14 heavy (non-hydrogen) atoms. The first-order valence-electron chi connectivity index (χ1n) is 4.19. The zero-order valence-electron chi connectivity index (χ0n) is 7.90. The average Bonchev–Trinajstić information content (AvgIpc) is 2.73. The van der Waals surface area contributed by atoms with E-state index in [0.29, 0.717) is 0 Å². The molecule has 72 valence electrons. The third kappa shape index (κ3) is 1.63. The minimum atomic E-state index is 0.100. The van der Waals surface area contributed by atoms with E-state index in [1.54, 1.807) is 6.20 Å². The molecule has 0 N–H and O–H groups in total. The summed E-state index contributed by atoms with van der Waals surface area (Å²) in [5, 5.41) is 2.87. The first-order valence-corrected chi connectivity index (χ1v) is 5.89. The van der Waals surface area contributed by atoms with Crippen molar-refractivity contribution in [3.05, 3.63) is 38.0 Å². The zero-order valence-corrected chi connectivity index (χ0v) is 9.54. The Hall–Kier alpha value is -1.00. The first-order chi connectivity index (χ1) is 6.68. The van der Waals surface area contributed by atoms with Crippen molar-refractivity contribution < 1.29 is 4.79 Å². The van der Waals surface area contributed by atoms with Crippen LogP contribution in [-0.2, 0) is 0 Å². The molecule has 0 atom stereocenters. The highest BCUT2D eigenvalue weighted by molar-refractivity contribution is 7.16. The van der Waals surface area contributed by atoms with Crippen molar-refractivity contribution in [1.29, 1.82) is 0 Å². The van der Waals surface area contributed by atoms with Crippen LogP contribution in [-0.4, -0.2) is 10.8 Å². The highest BCUT2D eigenvalue weighted by atomic mass is 32.1. The molecule has 0 spiro atoms. The van der Waals surface area contributed by atoms with Crippen LogP contribution in [0.4, 0.5) is 0 Å². The van der Waals surface area contributed by atoms with Crippen molar-refractivity contribution in [3.8, 4) is 0 Å². The Morgan fingerprint density at radius 1 is 1.43 bits per heavy atom. The van der Waals surface area contributed by atoms with E-state index in [1.807, 2.05) is 25.3 Å². The van der Waals surface area contributed by atoms with Crippen molar-refractivity contribution in [3.63, 3.8) is 0 Å². The number of thiazole rings is 1. The molecule has 0 amide bonds. The van der Waals surface area contributed by atoms with Gasteiger partial charge in [-0.2, -0.15) is 0 Å². The Balaban J connectivity index is 2.38. The lowest BCUT2D eigenvalue weighted by atomic mass is 10.2. The fraction of sp³-hybridized carbons (Fsp3) is 0.200. The van der Waals surface area contributed by atoms with Gasteiger partial charge in [0, 0.05) is 6.20 Å². The Bertz CT molecular complexity index is 470. The first kappa shape index (κ1) is 9.55. The third-order valence-electron chi connectivity index (χ3n) is 1.91. The van der Waals surface area contributed by atoms with Gasteiger partial charge in [-0.15, -0.1) is 22.7 Å². The molecule has 0 aliphatic heterocycles. The number of aryl methyl sites for hydroxylation is 2. The Kier molecular flexibility index (Phi) is 2.48. The summed E-state index contributed by atoms with van der Waals surface area (Å²) in [7, 11) is 0. The molecule has 0 bridgehead atoms. The maximum atomic E-state index is 11.9. The summed E-state index contributed by atoms with van der Waals surface area (Å²) >= 11 is 2.94. The van der Waals surface area contributed by atoms with E-state index in [9.17, 15) is 4.79 Å². The van der Waals surface area contributed by atoms with E-state index in [1.165, 1.54) is 22.7 Å². The van der Waals surface area contributed by atoms with Crippen LogP contribution in [0.25, 0.3) is 0 Å². The summed E-state index contributed by atoms with van der Waals surface area (Å²) in [6, 6.07) is 1.96. The topological polar surface area (TPSA) is 30.0 Å². The van der Waals surface area contributed by atoms with Crippen LogP contribution in [0.2, 0.25) is 0 Å². The molecule has 2 aromatic rings. The number of aromatic nitrogens is 1. The molecule has 0 unspecified atom stereocenters. The standard InChI is InChI=1S/C10H9NOS2/c1-6-3-4-13-10(6)9(12)8-5-11-7(2)14-8/h3-5H,1-2H3. The van der Waals surface area contributed by atoms with Gasteiger partial charge < -0.3 is 0 Å². The van der Waals surface area contributed by atoms with E-state index >= 15 is 0 Å². The van der Waals surface area contributed by atoms with Gasteiger partial charge in [0.25, 0.3) is 0 Å². The minimum absolute atomic E-state index is 0.100. The summed E-state index contributed by atoms with van der Waals surface area (Å²) in [6.45, 7) is 3.86. The molecule has 0 saturated carbocycles. The normalized spacial score (nSPS) is 10.4. The van der Waals surface area contributed by atoms with Crippen LogP contribution in [0, 0.1) is 13.8 Å². The largest absolute Gasteiger partial charge is 0.287 e. The number of carbonyl (C=O) groups is 1. The lowest BCUT2D eigenvalue weighted by molar-refractivity contribution is 0.104. The van der Waals surface area contributed by atoms with E-state index < -0.39 is 0 Å². The number of hydrogen-bond acceptors (Lipinski definition) is 4. The van der Waals surface area contributed by atoms with Crippen LogP contribution >= 0.6 is 22.7 Å². The Morgan fingerprint density at radius 2 is 2.21 bits per heavy atom. The molecule has 2 heterocycles. The quantitative estimate of drug-likeness (QED) is 0.732. The summed E-state index contributed by atoms with van der Waals surface area (Å²) in [5.74, 6) is 0.100. The number of ketones is 1. The monoisotopic (exact) mass is 223 g/mol. The van der Waals surface area contributed by atoms with Crippen LogP contribution in [0.5, 0.6) is 0 Å². The van der Waals surface area contributed by atoms with Gasteiger partial charge in [0.05, 0.1) is 14.8 Å². The van der Waals surface area contributed by atoms with Gasteiger partial charge in [-0.05, 0) is 30.9 Å². The third-order valence-corrected chi connectivity index (χ3v) is 3.84. The molecule has 0 aromatic carbocycles. The minimum Gasteiger partial charge on any atom is -0.287 e. The van der Waals surface area contributed by atoms with Crippen LogP contribution in [0.3, 0.4) is 0 Å². The lowest BCUT2D eigenvalue weighted by Crippen LogP contribution is -1.96. The molecule has 2 aromatic heterocycles. The van der Waals surface area contributed by atoms with Crippen LogP contribution in [0.1, 0.15) is 25.1 Å². The van der Waals surface area contributed by atoms with E-state index in [-0.39, 0.29) is 5.78 Å². The van der Waals surface area contributed by atoms with E-state index in [4.69, 9.17) is 0 Å². The molecule has 0 radical (unpaired) electrons. The van der Waals surface area contributed by atoms with Crippen LogP contribution in [0.15, 0.2) is 17.6 Å². The highest BCUT2D eigenvalue weighted by Crippen LogP contribution is 2.22. The van der Waals surface area contributed by atoms with Gasteiger partial charge in [-0.1, -0.05) is 0 Å². The fourth-order valence-electron chi connectivity index (χ4n) is 1.18. The number of rotatable bonds is 2.